The first kappa shape index (κ1) is 17.9. The molecule has 5 rings (SSSR count). The minimum atomic E-state index is 0.550. The minimum Gasteiger partial charge on any atom is -0.496 e. The first-order chi connectivity index (χ1) is 14.2. The highest BCUT2D eigenvalue weighted by Gasteiger charge is 2.22. The van der Waals surface area contributed by atoms with Gasteiger partial charge in [-0.25, -0.2) is 14.6 Å². The monoisotopic (exact) mass is 387 g/mol. The molecule has 3 aromatic heterocycles. The maximum atomic E-state index is 5.71. The Kier molecular flexibility index (Phi) is 4.34. The Morgan fingerprint density at radius 1 is 1.10 bits per heavy atom. The molecule has 1 fully saturated rings. The lowest BCUT2D eigenvalue weighted by molar-refractivity contribution is 0.416. The molecule has 29 heavy (non-hydrogen) atoms. The molecule has 0 amide bonds. The van der Waals surface area contributed by atoms with E-state index < -0.39 is 0 Å². The lowest BCUT2D eigenvalue weighted by Gasteiger charge is -2.15. The zero-order valence-corrected chi connectivity index (χ0v) is 17.1. The van der Waals surface area contributed by atoms with Gasteiger partial charge in [0.25, 0.3) is 0 Å². The van der Waals surface area contributed by atoms with Crippen molar-refractivity contribution in [1.29, 1.82) is 0 Å². The fourth-order valence-corrected chi connectivity index (χ4v) is 4.44. The predicted octanol–water partition coefficient (Wildman–Crippen LogP) is 5.02. The number of hydrogen-bond donors (Lipinski definition) is 0. The van der Waals surface area contributed by atoms with Crippen molar-refractivity contribution in [3.05, 3.63) is 54.1 Å². The molecule has 6 nitrogen and oxygen atoms in total. The fraction of sp³-hybridized carbons (Fsp3) is 0.348. The van der Waals surface area contributed by atoms with Crippen LogP contribution in [-0.4, -0.2) is 31.4 Å². The highest BCUT2D eigenvalue weighted by molar-refractivity contribution is 5.81. The average molecular weight is 387 g/mol. The van der Waals surface area contributed by atoms with Crippen LogP contribution in [0.5, 0.6) is 5.75 Å². The van der Waals surface area contributed by atoms with Crippen LogP contribution in [0, 0.1) is 13.8 Å². The van der Waals surface area contributed by atoms with Gasteiger partial charge in [-0.2, -0.15) is 5.10 Å². The van der Waals surface area contributed by atoms with Gasteiger partial charge in [0.2, 0.25) is 0 Å². The molecule has 1 aromatic carbocycles. The average Bonchev–Trinajstić information content (AvgIpc) is 3.49. The molecular formula is C23H25N5O. The van der Waals surface area contributed by atoms with E-state index in [4.69, 9.17) is 14.7 Å². The lowest BCUT2D eigenvalue weighted by Crippen LogP contribution is -2.05. The zero-order valence-electron chi connectivity index (χ0n) is 17.1. The van der Waals surface area contributed by atoms with Gasteiger partial charge >= 0.3 is 0 Å². The number of aromatic nitrogens is 5. The molecular weight excluding hydrogens is 362 g/mol. The standard InChI is InChI=1S/C23H25N5O/c1-15-14-27(17-7-4-5-8-17)23-21(15)26-22(16(2)25-23)19-10-9-18(13-20(19)29-3)28-12-6-11-24-28/h6,9-14,17H,4-5,7-8H2,1-3H3. The number of aryl methyl sites for hydroxylation is 2. The van der Waals surface area contributed by atoms with Gasteiger partial charge in [-0.1, -0.05) is 12.8 Å². The molecule has 148 valence electrons. The first-order valence-electron chi connectivity index (χ1n) is 10.2. The van der Waals surface area contributed by atoms with Crippen LogP contribution in [-0.2, 0) is 0 Å². The number of nitrogens with zero attached hydrogens (tertiary/aromatic N) is 5. The summed E-state index contributed by atoms with van der Waals surface area (Å²) in [6.45, 7) is 4.16. The second kappa shape index (κ2) is 7.03. The van der Waals surface area contributed by atoms with Crippen LogP contribution in [0.1, 0.15) is 43.0 Å². The summed E-state index contributed by atoms with van der Waals surface area (Å²) in [4.78, 5) is 10.0. The van der Waals surface area contributed by atoms with Crippen LogP contribution in [0.25, 0.3) is 28.1 Å². The molecule has 0 spiro atoms. The van der Waals surface area contributed by atoms with Crippen LogP contribution in [0.2, 0.25) is 0 Å². The van der Waals surface area contributed by atoms with Crippen molar-refractivity contribution in [1.82, 2.24) is 24.3 Å². The van der Waals surface area contributed by atoms with Crippen LogP contribution < -0.4 is 4.74 Å². The molecule has 0 atom stereocenters. The molecule has 0 radical (unpaired) electrons. The van der Waals surface area contributed by atoms with Gasteiger partial charge < -0.3 is 9.30 Å². The van der Waals surface area contributed by atoms with Crippen molar-refractivity contribution in [3.63, 3.8) is 0 Å². The third-order valence-corrected chi connectivity index (χ3v) is 5.93. The molecule has 0 bridgehead atoms. The third kappa shape index (κ3) is 2.99. The molecule has 4 aromatic rings. The lowest BCUT2D eigenvalue weighted by atomic mass is 10.1. The SMILES string of the molecule is COc1cc(-n2cccn2)ccc1-c1nc2c(C)cn(C3CCCC3)c2nc1C. The van der Waals surface area contributed by atoms with Crippen molar-refractivity contribution in [3.8, 4) is 22.7 Å². The van der Waals surface area contributed by atoms with Gasteiger partial charge in [0.05, 0.1) is 24.2 Å². The number of hydrogen-bond acceptors (Lipinski definition) is 4. The van der Waals surface area contributed by atoms with Gasteiger partial charge in [0, 0.05) is 36.3 Å². The Balaban J connectivity index is 1.63. The summed E-state index contributed by atoms with van der Waals surface area (Å²) in [7, 11) is 1.69. The summed E-state index contributed by atoms with van der Waals surface area (Å²) in [5.41, 5.74) is 6.84. The maximum absolute atomic E-state index is 5.71. The minimum absolute atomic E-state index is 0.550. The summed E-state index contributed by atoms with van der Waals surface area (Å²) in [6.07, 6.45) is 11.0. The molecule has 0 saturated heterocycles. The first-order valence-corrected chi connectivity index (χ1v) is 10.2. The molecule has 1 aliphatic carbocycles. The van der Waals surface area contributed by atoms with Gasteiger partial charge in [-0.15, -0.1) is 0 Å². The molecule has 3 heterocycles. The van der Waals surface area contributed by atoms with Crippen molar-refractivity contribution in [2.75, 3.05) is 7.11 Å². The predicted molar refractivity (Wildman–Crippen MR) is 114 cm³/mol. The van der Waals surface area contributed by atoms with Crippen molar-refractivity contribution in [2.24, 2.45) is 0 Å². The Bertz CT molecular complexity index is 1170. The summed E-state index contributed by atoms with van der Waals surface area (Å²) >= 11 is 0. The van der Waals surface area contributed by atoms with E-state index in [2.05, 4.69) is 22.8 Å². The van der Waals surface area contributed by atoms with E-state index in [1.807, 2.05) is 42.1 Å². The summed E-state index contributed by atoms with van der Waals surface area (Å²) in [5.74, 6) is 0.766. The molecule has 1 saturated carbocycles. The number of methoxy groups -OCH3 is 1. The second-order valence-corrected chi connectivity index (χ2v) is 7.82. The normalized spacial score (nSPS) is 14.7. The Morgan fingerprint density at radius 2 is 1.93 bits per heavy atom. The topological polar surface area (TPSA) is 57.8 Å². The van der Waals surface area contributed by atoms with E-state index >= 15 is 0 Å². The Hall–Kier alpha value is -3.15. The van der Waals surface area contributed by atoms with E-state index in [1.165, 1.54) is 31.2 Å². The van der Waals surface area contributed by atoms with Gasteiger partial charge in [0.15, 0.2) is 5.65 Å². The second-order valence-electron chi connectivity index (χ2n) is 7.82. The summed E-state index contributed by atoms with van der Waals surface area (Å²) in [6, 6.07) is 8.52. The fourth-order valence-electron chi connectivity index (χ4n) is 4.44. The third-order valence-electron chi connectivity index (χ3n) is 5.93. The molecule has 0 aliphatic heterocycles. The highest BCUT2D eigenvalue weighted by Crippen LogP contribution is 2.36. The zero-order chi connectivity index (χ0) is 20.0. The molecule has 0 unspecified atom stereocenters. The van der Waals surface area contributed by atoms with Crippen molar-refractivity contribution >= 4 is 11.2 Å². The van der Waals surface area contributed by atoms with Crippen molar-refractivity contribution < 1.29 is 4.74 Å². The van der Waals surface area contributed by atoms with E-state index in [0.717, 1.165) is 39.6 Å². The van der Waals surface area contributed by atoms with Crippen LogP contribution >= 0.6 is 0 Å². The largest absolute Gasteiger partial charge is 0.496 e. The van der Waals surface area contributed by atoms with Crippen LogP contribution in [0.3, 0.4) is 0 Å². The quantitative estimate of drug-likeness (QED) is 0.493. The van der Waals surface area contributed by atoms with E-state index in [0.29, 0.717) is 6.04 Å². The van der Waals surface area contributed by atoms with Crippen molar-refractivity contribution in [2.45, 2.75) is 45.6 Å². The van der Waals surface area contributed by atoms with Gasteiger partial charge in [-0.05, 0) is 50.5 Å². The Labute approximate surface area is 170 Å². The number of benzene rings is 1. The smallest absolute Gasteiger partial charge is 0.159 e. The summed E-state index contributed by atoms with van der Waals surface area (Å²) < 4.78 is 9.87. The van der Waals surface area contributed by atoms with Crippen LogP contribution in [0.4, 0.5) is 0 Å². The number of rotatable bonds is 4. The maximum Gasteiger partial charge on any atom is 0.159 e. The van der Waals surface area contributed by atoms with E-state index in [1.54, 1.807) is 13.3 Å². The molecule has 6 heteroatoms. The number of fused-ring (bicyclic) bond motifs is 1. The van der Waals surface area contributed by atoms with Crippen LogP contribution in [0.15, 0.2) is 42.9 Å². The Morgan fingerprint density at radius 3 is 2.66 bits per heavy atom. The van der Waals surface area contributed by atoms with E-state index in [-0.39, 0.29) is 0 Å². The van der Waals surface area contributed by atoms with Gasteiger partial charge in [-0.3, -0.25) is 0 Å². The molecule has 0 N–H and O–H groups in total. The molecule has 1 aliphatic rings. The number of ether oxygens (including phenoxy) is 1. The highest BCUT2D eigenvalue weighted by atomic mass is 16.5. The van der Waals surface area contributed by atoms with E-state index in [9.17, 15) is 0 Å². The van der Waals surface area contributed by atoms with Gasteiger partial charge in [0.1, 0.15) is 11.3 Å². The summed E-state index contributed by atoms with van der Waals surface area (Å²) in [5, 5.41) is 4.31.